The first-order chi connectivity index (χ1) is 12.4. The lowest BCUT2D eigenvalue weighted by atomic mass is 10.1. The monoisotopic (exact) mass is 357 g/mol. The second-order valence-corrected chi connectivity index (χ2v) is 6.38. The fourth-order valence-corrected chi connectivity index (χ4v) is 2.88. The Hall–Kier alpha value is -2.69. The number of hydrogen-bond acceptors (Lipinski definition) is 4. The Balaban J connectivity index is 2.16. The fraction of sp³-hybridized carbons (Fsp3) is 0.381. The van der Waals surface area contributed by atoms with Gasteiger partial charge in [-0.3, -0.25) is 4.79 Å². The molecule has 0 aromatic heterocycles. The zero-order valence-corrected chi connectivity index (χ0v) is 16.4. The molecule has 0 N–H and O–H groups in total. The van der Waals surface area contributed by atoms with E-state index in [1.807, 2.05) is 44.2 Å². The van der Waals surface area contributed by atoms with Gasteiger partial charge in [-0.05, 0) is 43.2 Å². The van der Waals surface area contributed by atoms with E-state index in [-0.39, 0.29) is 5.91 Å². The van der Waals surface area contributed by atoms with Gasteiger partial charge in [0.05, 0.1) is 27.8 Å². The molecular weight excluding hydrogens is 330 g/mol. The van der Waals surface area contributed by atoms with Gasteiger partial charge in [0.15, 0.2) is 11.5 Å². The van der Waals surface area contributed by atoms with Crippen LogP contribution in [0.25, 0.3) is 0 Å². The molecule has 0 aliphatic rings. The smallest absolute Gasteiger partial charge is 0.227 e. The summed E-state index contributed by atoms with van der Waals surface area (Å²) in [5.41, 5.74) is 4.07. The van der Waals surface area contributed by atoms with Crippen LogP contribution in [-0.2, 0) is 17.8 Å². The lowest BCUT2D eigenvalue weighted by molar-refractivity contribution is -0.129. The molecule has 5 heteroatoms. The fourth-order valence-electron chi connectivity index (χ4n) is 2.88. The highest BCUT2D eigenvalue weighted by molar-refractivity contribution is 5.79. The van der Waals surface area contributed by atoms with Gasteiger partial charge in [0, 0.05) is 19.2 Å². The van der Waals surface area contributed by atoms with E-state index in [4.69, 9.17) is 14.2 Å². The van der Waals surface area contributed by atoms with Crippen molar-refractivity contribution in [2.45, 2.75) is 26.8 Å². The molecule has 0 aliphatic carbocycles. The van der Waals surface area contributed by atoms with Crippen LogP contribution < -0.4 is 14.2 Å². The Morgan fingerprint density at radius 1 is 0.885 bits per heavy atom. The van der Waals surface area contributed by atoms with Gasteiger partial charge in [0.1, 0.15) is 5.75 Å². The summed E-state index contributed by atoms with van der Waals surface area (Å²) in [6, 6.07) is 9.72. The van der Waals surface area contributed by atoms with Crippen LogP contribution in [0.5, 0.6) is 17.2 Å². The van der Waals surface area contributed by atoms with Crippen molar-refractivity contribution in [3.05, 3.63) is 52.6 Å². The van der Waals surface area contributed by atoms with E-state index >= 15 is 0 Å². The van der Waals surface area contributed by atoms with Crippen LogP contribution in [0.15, 0.2) is 30.3 Å². The van der Waals surface area contributed by atoms with Gasteiger partial charge in [0.25, 0.3) is 0 Å². The Bertz CT molecular complexity index is 786. The third-order valence-corrected chi connectivity index (χ3v) is 4.45. The standard InChI is InChI=1S/C21H27NO4/c1-14-7-8-18(24-4)16(9-14)12-21(23)22(3)13-17-11-20(26-6)19(25-5)10-15(17)2/h7-11H,12-13H2,1-6H3. The maximum Gasteiger partial charge on any atom is 0.227 e. The zero-order chi connectivity index (χ0) is 19.3. The molecule has 2 aromatic carbocycles. The molecule has 0 saturated carbocycles. The molecule has 0 saturated heterocycles. The van der Waals surface area contributed by atoms with Crippen molar-refractivity contribution < 1.29 is 19.0 Å². The number of likely N-dealkylation sites (N-methyl/N-ethyl adjacent to an activating group) is 1. The van der Waals surface area contributed by atoms with Gasteiger partial charge in [-0.25, -0.2) is 0 Å². The number of methoxy groups -OCH3 is 3. The summed E-state index contributed by atoms with van der Waals surface area (Å²) in [6.45, 7) is 4.50. The highest BCUT2D eigenvalue weighted by Crippen LogP contribution is 2.31. The van der Waals surface area contributed by atoms with E-state index in [9.17, 15) is 4.79 Å². The normalized spacial score (nSPS) is 10.4. The van der Waals surface area contributed by atoms with E-state index in [0.29, 0.717) is 24.5 Å². The molecule has 26 heavy (non-hydrogen) atoms. The molecular formula is C21H27NO4. The first-order valence-corrected chi connectivity index (χ1v) is 8.48. The molecule has 0 spiro atoms. The van der Waals surface area contributed by atoms with Gasteiger partial charge in [-0.2, -0.15) is 0 Å². The minimum Gasteiger partial charge on any atom is -0.496 e. The van der Waals surface area contributed by atoms with E-state index in [1.165, 1.54) is 0 Å². The highest BCUT2D eigenvalue weighted by Gasteiger charge is 2.16. The summed E-state index contributed by atoms with van der Waals surface area (Å²) in [4.78, 5) is 14.4. The highest BCUT2D eigenvalue weighted by atomic mass is 16.5. The number of aryl methyl sites for hydroxylation is 2. The molecule has 0 unspecified atom stereocenters. The Morgan fingerprint density at radius 3 is 2.12 bits per heavy atom. The zero-order valence-electron chi connectivity index (χ0n) is 16.4. The molecule has 2 aromatic rings. The maximum atomic E-state index is 12.7. The van der Waals surface area contributed by atoms with Crippen molar-refractivity contribution >= 4 is 5.91 Å². The van der Waals surface area contributed by atoms with Gasteiger partial charge < -0.3 is 19.1 Å². The molecule has 0 heterocycles. The molecule has 2 rings (SSSR count). The van der Waals surface area contributed by atoms with Crippen molar-refractivity contribution in [1.82, 2.24) is 4.90 Å². The van der Waals surface area contributed by atoms with E-state index in [1.54, 1.807) is 33.3 Å². The van der Waals surface area contributed by atoms with Crippen LogP contribution in [0.1, 0.15) is 22.3 Å². The summed E-state index contributed by atoms with van der Waals surface area (Å²) in [6.07, 6.45) is 0.299. The molecule has 0 fully saturated rings. The first kappa shape index (κ1) is 19.6. The second kappa shape index (κ2) is 8.61. The molecule has 0 radical (unpaired) electrons. The summed E-state index contributed by atoms with van der Waals surface area (Å²) in [7, 11) is 6.65. The van der Waals surface area contributed by atoms with Crippen LogP contribution in [0.2, 0.25) is 0 Å². The summed E-state index contributed by atoms with van der Waals surface area (Å²) in [5.74, 6) is 2.12. The number of rotatable bonds is 7. The average molecular weight is 357 g/mol. The van der Waals surface area contributed by atoms with Crippen molar-refractivity contribution in [1.29, 1.82) is 0 Å². The Labute approximate surface area is 155 Å². The summed E-state index contributed by atoms with van der Waals surface area (Å²) in [5, 5.41) is 0. The van der Waals surface area contributed by atoms with Crippen LogP contribution in [0.4, 0.5) is 0 Å². The maximum absolute atomic E-state index is 12.7. The number of amides is 1. The number of ether oxygens (including phenoxy) is 3. The largest absolute Gasteiger partial charge is 0.496 e. The number of hydrogen-bond donors (Lipinski definition) is 0. The van der Waals surface area contributed by atoms with Gasteiger partial charge >= 0.3 is 0 Å². The molecule has 1 amide bonds. The lowest BCUT2D eigenvalue weighted by Crippen LogP contribution is -2.28. The van der Waals surface area contributed by atoms with Gasteiger partial charge in [-0.1, -0.05) is 17.7 Å². The summed E-state index contributed by atoms with van der Waals surface area (Å²) < 4.78 is 16.1. The molecule has 5 nitrogen and oxygen atoms in total. The molecule has 0 atom stereocenters. The number of carbonyl (C=O) groups is 1. The van der Waals surface area contributed by atoms with Crippen LogP contribution >= 0.6 is 0 Å². The van der Waals surface area contributed by atoms with Crippen molar-refractivity contribution in [2.24, 2.45) is 0 Å². The third kappa shape index (κ3) is 4.48. The summed E-state index contributed by atoms with van der Waals surface area (Å²) >= 11 is 0. The first-order valence-electron chi connectivity index (χ1n) is 8.48. The molecule has 0 bridgehead atoms. The number of nitrogens with zero attached hydrogens (tertiary/aromatic N) is 1. The van der Waals surface area contributed by atoms with Crippen molar-refractivity contribution in [2.75, 3.05) is 28.4 Å². The predicted molar refractivity (Wildman–Crippen MR) is 102 cm³/mol. The van der Waals surface area contributed by atoms with Crippen LogP contribution in [0.3, 0.4) is 0 Å². The van der Waals surface area contributed by atoms with Crippen molar-refractivity contribution in [3.63, 3.8) is 0 Å². The van der Waals surface area contributed by atoms with E-state index < -0.39 is 0 Å². The minimum absolute atomic E-state index is 0.0306. The molecule has 140 valence electrons. The number of benzene rings is 2. The van der Waals surface area contributed by atoms with Crippen LogP contribution in [-0.4, -0.2) is 39.2 Å². The van der Waals surface area contributed by atoms with E-state index in [2.05, 4.69) is 0 Å². The Morgan fingerprint density at radius 2 is 1.50 bits per heavy atom. The van der Waals surface area contributed by atoms with Gasteiger partial charge in [-0.15, -0.1) is 0 Å². The average Bonchev–Trinajstić information content (AvgIpc) is 2.63. The lowest BCUT2D eigenvalue weighted by Gasteiger charge is -2.20. The van der Waals surface area contributed by atoms with Crippen LogP contribution in [0, 0.1) is 13.8 Å². The second-order valence-electron chi connectivity index (χ2n) is 6.38. The SMILES string of the molecule is COc1ccc(C)cc1CC(=O)N(C)Cc1cc(OC)c(OC)cc1C. The van der Waals surface area contributed by atoms with E-state index in [0.717, 1.165) is 28.0 Å². The van der Waals surface area contributed by atoms with Gasteiger partial charge in [0.2, 0.25) is 5.91 Å². The third-order valence-electron chi connectivity index (χ3n) is 4.45. The quantitative estimate of drug-likeness (QED) is 0.761. The topological polar surface area (TPSA) is 48.0 Å². The number of carbonyl (C=O) groups excluding carboxylic acids is 1. The van der Waals surface area contributed by atoms with Crippen molar-refractivity contribution in [3.8, 4) is 17.2 Å². The Kier molecular flexibility index (Phi) is 6.50. The minimum atomic E-state index is 0.0306. The molecule has 0 aliphatic heterocycles. The predicted octanol–water partition coefficient (Wildman–Crippen LogP) is 3.53.